The van der Waals surface area contributed by atoms with E-state index in [0.717, 1.165) is 21.8 Å². The molecule has 2 aromatic carbocycles. The highest BCUT2D eigenvalue weighted by molar-refractivity contribution is 7.90. The summed E-state index contributed by atoms with van der Waals surface area (Å²) in [6, 6.07) is 8.79. The van der Waals surface area contributed by atoms with Gasteiger partial charge in [0.2, 0.25) is 11.8 Å². The van der Waals surface area contributed by atoms with E-state index in [-0.39, 0.29) is 5.69 Å². The molecule has 5 rings (SSSR count). The first-order valence-electron chi connectivity index (χ1n) is 10.2. The van der Waals surface area contributed by atoms with E-state index in [1.165, 1.54) is 6.20 Å². The Morgan fingerprint density at radius 1 is 1.18 bits per heavy atom. The molecular formula is C23H21FN6O2S. The van der Waals surface area contributed by atoms with Gasteiger partial charge >= 0.3 is 0 Å². The smallest absolute Gasteiger partial charge is 0.237 e. The molecule has 0 spiro atoms. The number of hydrogen-bond donors (Lipinski definition) is 3. The Bertz CT molecular complexity index is 1360. The summed E-state index contributed by atoms with van der Waals surface area (Å²) in [6.07, 6.45) is 4.71. The topological polar surface area (TPSA) is 121 Å². The van der Waals surface area contributed by atoms with Crippen LogP contribution in [0.2, 0.25) is 0 Å². The third kappa shape index (κ3) is 3.87. The van der Waals surface area contributed by atoms with Crippen molar-refractivity contribution in [3.8, 4) is 17.0 Å². The van der Waals surface area contributed by atoms with Gasteiger partial charge in [-0.3, -0.25) is 0 Å². The van der Waals surface area contributed by atoms with Crippen LogP contribution in [-0.2, 0) is 11.2 Å². The second-order valence-electron chi connectivity index (χ2n) is 7.63. The first-order valence-corrected chi connectivity index (χ1v) is 11.8. The van der Waals surface area contributed by atoms with Gasteiger partial charge in [-0.2, -0.15) is 0 Å². The highest BCUT2D eigenvalue weighted by Crippen LogP contribution is 2.39. The molecule has 168 valence electrons. The van der Waals surface area contributed by atoms with Crippen LogP contribution in [0.4, 0.5) is 27.4 Å². The zero-order valence-electron chi connectivity index (χ0n) is 18.0. The third-order valence-electron chi connectivity index (χ3n) is 5.54. The van der Waals surface area contributed by atoms with Gasteiger partial charge < -0.3 is 25.7 Å². The van der Waals surface area contributed by atoms with Crippen molar-refractivity contribution < 1.29 is 13.7 Å². The van der Waals surface area contributed by atoms with E-state index in [4.69, 9.17) is 10.5 Å². The molecule has 4 N–H and O–H groups in total. The summed E-state index contributed by atoms with van der Waals surface area (Å²) in [7, 11) is 0. The molecule has 1 unspecified atom stereocenters. The van der Waals surface area contributed by atoms with Crippen LogP contribution in [0.3, 0.4) is 0 Å². The molecule has 0 saturated carbocycles. The van der Waals surface area contributed by atoms with Crippen molar-refractivity contribution in [2.45, 2.75) is 11.8 Å². The number of ether oxygens (including phenoxy) is 1. The number of pyridine rings is 1. The second-order valence-corrected chi connectivity index (χ2v) is 9.01. The predicted molar refractivity (Wildman–Crippen MR) is 128 cm³/mol. The molecule has 0 amide bonds. The zero-order valence-corrected chi connectivity index (χ0v) is 18.8. The van der Waals surface area contributed by atoms with Crippen molar-refractivity contribution >= 4 is 45.1 Å². The standard InChI is InChI=1S/C23H21FN6O2S/c1-12-16(10-27-22-21(12)26-7-8-32-22)15-9-18-17(20(25)19(15)24)11-28-23(30-18)29-13-3-5-14(6-4-13)33(2)31/h3-6,9-11,26H,7-8,25H2,1-2H3,(H,28,29,30). The first-order chi connectivity index (χ1) is 15.9. The van der Waals surface area contributed by atoms with E-state index in [9.17, 15) is 4.55 Å². The van der Waals surface area contributed by atoms with Crippen molar-refractivity contribution in [1.82, 2.24) is 15.0 Å². The minimum absolute atomic E-state index is 0.0230. The first kappa shape index (κ1) is 21.2. The van der Waals surface area contributed by atoms with E-state index in [1.54, 1.807) is 42.8 Å². The number of benzene rings is 2. The maximum absolute atomic E-state index is 15.3. The Labute approximate surface area is 192 Å². The molecule has 0 radical (unpaired) electrons. The second kappa shape index (κ2) is 8.38. The monoisotopic (exact) mass is 464 g/mol. The number of halogens is 1. The van der Waals surface area contributed by atoms with Gasteiger partial charge in [0.1, 0.15) is 18.6 Å². The fourth-order valence-electron chi connectivity index (χ4n) is 3.78. The van der Waals surface area contributed by atoms with Crippen LogP contribution < -0.4 is 21.1 Å². The van der Waals surface area contributed by atoms with Crippen LogP contribution in [0.5, 0.6) is 5.88 Å². The summed E-state index contributed by atoms with van der Waals surface area (Å²) in [6.45, 7) is 3.07. The van der Waals surface area contributed by atoms with E-state index >= 15 is 4.39 Å². The predicted octanol–water partition coefficient (Wildman–Crippen LogP) is 4.01. The summed E-state index contributed by atoms with van der Waals surface area (Å²) >= 11 is -1.06. The number of fused-ring (bicyclic) bond motifs is 2. The third-order valence-corrected chi connectivity index (χ3v) is 6.48. The molecule has 1 aliphatic rings. The van der Waals surface area contributed by atoms with Crippen LogP contribution in [0.15, 0.2) is 47.6 Å². The van der Waals surface area contributed by atoms with E-state index in [0.29, 0.717) is 47.0 Å². The highest BCUT2D eigenvalue weighted by Gasteiger charge is 2.21. The lowest BCUT2D eigenvalue weighted by Gasteiger charge is -2.22. The molecule has 0 bridgehead atoms. The van der Waals surface area contributed by atoms with Gasteiger partial charge in [-0.05, 0) is 54.0 Å². The Morgan fingerprint density at radius 3 is 2.73 bits per heavy atom. The maximum atomic E-state index is 15.3. The van der Waals surface area contributed by atoms with Crippen LogP contribution in [0.25, 0.3) is 22.0 Å². The zero-order chi connectivity index (χ0) is 23.1. The molecule has 4 aromatic rings. The molecular weight excluding hydrogens is 443 g/mol. The van der Waals surface area contributed by atoms with Gasteiger partial charge in [0.25, 0.3) is 0 Å². The normalized spacial score (nSPS) is 13.7. The Kier molecular flexibility index (Phi) is 5.39. The van der Waals surface area contributed by atoms with Crippen molar-refractivity contribution in [3.63, 3.8) is 0 Å². The molecule has 0 aliphatic carbocycles. The molecule has 0 saturated heterocycles. The molecule has 2 aromatic heterocycles. The van der Waals surface area contributed by atoms with Crippen molar-refractivity contribution in [3.05, 3.63) is 54.1 Å². The number of nitrogen functional groups attached to an aromatic ring is 1. The average molecular weight is 465 g/mol. The lowest BCUT2D eigenvalue weighted by molar-refractivity contribution is 0.310. The summed E-state index contributed by atoms with van der Waals surface area (Å²) in [5, 5.41) is 6.80. The van der Waals surface area contributed by atoms with Gasteiger partial charge in [0.15, 0.2) is 10.7 Å². The fraction of sp³-hybridized carbons (Fsp3) is 0.174. The van der Waals surface area contributed by atoms with Gasteiger partial charge in [-0.1, -0.05) is 0 Å². The van der Waals surface area contributed by atoms with Crippen LogP contribution in [0, 0.1) is 12.7 Å². The van der Waals surface area contributed by atoms with Crippen LogP contribution >= 0.6 is 0 Å². The minimum Gasteiger partial charge on any atom is -0.612 e. The highest BCUT2D eigenvalue weighted by atomic mass is 32.2. The van der Waals surface area contributed by atoms with Crippen LogP contribution in [0.1, 0.15) is 5.56 Å². The van der Waals surface area contributed by atoms with Crippen molar-refractivity contribution in [2.24, 2.45) is 0 Å². The maximum Gasteiger partial charge on any atom is 0.237 e. The lowest BCUT2D eigenvalue weighted by Crippen LogP contribution is -2.20. The van der Waals surface area contributed by atoms with Crippen molar-refractivity contribution in [1.29, 1.82) is 0 Å². The van der Waals surface area contributed by atoms with Gasteiger partial charge in [0, 0.05) is 41.1 Å². The van der Waals surface area contributed by atoms with Gasteiger partial charge in [0.05, 0.1) is 11.2 Å². The van der Waals surface area contributed by atoms with Gasteiger partial charge in [-0.15, -0.1) is 0 Å². The summed E-state index contributed by atoms with van der Waals surface area (Å²) < 4.78 is 32.4. The summed E-state index contributed by atoms with van der Waals surface area (Å²) in [4.78, 5) is 13.9. The summed E-state index contributed by atoms with van der Waals surface area (Å²) in [5.41, 5.74) is 9.81. The SMILES string of the molecule is Cc1c(-c2cc3nc(Nc4ccc([S+](C)[O-])cc4)ncc3c(N)c2F)cnc2c1NCCO2. The van der Waals surface area contributed by atoms with Gasteiger partial charge in [-0.25, -0.2) is 19.3 Å². The number of aromatic nitrogens is 3. The van der Waals surface area contributed by atoms with E-state index in [2.05, 4.69) is 25.6 Å². The molecule has 10 heteroatoms. The molecule has 8 nitrogen and oxygen atoms in total. The van der Waals surface area contributed by atoms with E-state index in [1.807, 2.05) is 6.92 Å². The average Bonchev–Trinajstić information content (AvgIpc) is 2.82. The number of nitrogens with two attached hydrogens (primary N) is 1. The number of anilines is 4. The lowest BCUT2D eigenvalue weighted by atomic mass is 9.98. The molecule has 0 fully saturated rings. The molecule has 1 aliphatic heterocycles. The van der Waals surface area contributed by atoms with Crippen molar-refractivity contribution in [2.75, 3.05) is 35.8 Å². The quantitative estimate of drug-likeness (QED) is 0.306. The van der Waals surface area contributed by atoms with E-state index < -0.39 is 17.0 Å². The molecule has 3 heterocycles. The Morgan fingerprint density at radius 2 is 1.97 bits per heavy atom. The number of rotatable bonds is 4. The number of nitrogens with one attached hydrogen (secondary N) is 2. The largest absolute Gasteiger partial charge is 0.612 e. The number of nitrogens with zero attached hydrogens (tertiary/aromatic N) is 3. The Hall–Kier alpha value is -3.63. The summed E-state index contributed by atoms with van der Waals surface area (Å²) in [5.74, 6) is 0.292. The number of hydrogen-bond acceptors (Lipinski definition) is 8. The minimum atomic E-state index is -1.06. The molecule has 33 heavy (non-hydrogen) atoms. The molecule has 1 atom stereocenters. The Balaban J connectivity index is 1.55. The fourth-order valence-corrected chi connectivity index (χ4v) is 4.30. The van der Waals surface area contributed by atoms with Crippen LogP contribution in [-0.4, -0.2) is 38.9 Å².